The lowest BCUT2D eigenvalue weighted by Gasteiger charge is -2.30. The molecule has 0 spiro atoms. The first kappa shape index (κ1) is 14.4. The molecule has 1 aliphatic rings. The maximum absolute atomic E-state index is 13.5. The Morgan fingerprint density at radius 1 is 1.30 bits per heavy atom. The molecule has 1 N–H and O–H groups in total. The van der Waals surface area contributed by atoms with Gasteiger partial charge >= 0.3 is 12.1 Å². The molecule has 0 saturated heterocycles. The summed E-state index contributed by atoms with van der Waals surface area (Å²) in [5.74, 6) is -2.34. The lowest BCUT2D eigenvalue weighted by molar-refractivity contribution is -0.0944. The van der Waals surface area contributed by atoms with Crippen molar-refractivity contribution >= 4 is 11.7 Å². The molecule has 0 bridgehead atoms. The maximum Gasteiger partial charge on any atom is 0.412 e. The Bertz CT molecular complexity index is 566. The SMILES string of the molecule is O=C(O)c1c(F)cccc1N1CC=C(C(F)(F)F)CC1. The second-order valence-electron chi connectivity index (χ2n) is 4.36. The van der Waals surface area contributed by atoms with E-state index in [-0.39, 0.29) is 25.2 Å². The van der Waals surface area contributed by atoms with Crippen LogP contribution in [0.5, 0.6) is 0 Å². The number of nitrogens with zero attached hydrogens (tertiary/aromatic N) is 1. The first-order valence-corrected chi connectivity index (χ1v) is 5.83. The molecule has 20 heavy (non-hydrogen) atoms. The van der Waals surface area contributed by atoms with Crippen molar-refractivity contribution in [2.75, 3.05) is 18.0 Å². The van der Waals surface area contributed by atoms with Gasteiger partial charge in [-0.05, 0) is 18.6 Å². The molecule has 0 radical (unpaired) electrons. The monoisotopic (exact) mass is 289 g/mol. The fourth-order valence-electron chi connectivity index (χ4n) is 2.13. The van der Waals surface area contributed by atoms with Gasteiger partial charge in [0.1, 0.15) is 11.4 Å². The van der Waals surface area contributed by atoms with Crippen molar-refractivity contribution in [3.63, 3.8) is 0 Å². The van der Waals surface area contributed by atoms with E-state index in [2.05, 4.69) is 0 Å². The van der Waals surface area contributed by atoms with Crippen molar-refractivity contribution in [3.8, 4) is 0 Å². The Hall–Kier alpha value is -2.05. The second kappa shape index (κ2) is 5.15. The predicted molar refractivity (Wildman–Crippen MR) is 64.3 cm³/mol. The fraction of sp³-hybridized carbons (Fsp3) is 0.308. The zero-order valence-corrected chi connectivity index (χ0v) is 10.2. The Labute approximate surface area is 112 Å². The van der Waals surface area contributed by atoms with E-state index in [0.29, 0.717) is 0 Å². The van der Waals surface area contributed by atoms with E-state index in [1.165, 1.54) is 17.0 Å². The average molecular weight is 289 g/mol. The summed E-state index contributed by atoms with van der Waals surface area (Å²) < 4.78 is 51.0. The molecule has 1 aromatic carbocycles. The molecule has 0 aliphatic carbocycles. The highest BCUT2D eigenvalue weighted by atomic mass is 19.4. The van der Waals surface area contributed by atoms with Crippen LogP contribution in [0, 0.1) is 5.82 Å². The normalized spacial score (nSPS) is 16.0. The number of alkyl halides is 3. The van der Waals surface area contributed by atoms with Gasteiger partial charge in [0, 0.05) is 18.7 Å². The topological polar surface area (TPSA) is 40.5 Å². The highest BCUT2D eigenvalue weighted by Gasteiger charge is 2.35. The molecule has 1 heterocycles. The molecule has 1 aliphatic heterocycles. The summed E-state index contributed by atoms with van der Waals surface area (Å²) in [6, 6.07) is 3.73. The van der Waals surface area contributed by atoms with Crippen LogP contribution in [0.3, 0.4) is 0 Å². The number of carbonyl (C=O) groups is 1. The van der Waals surface area contributed by atoms with E-state index < -0.39 is 29.1 Å². The van der Waals surface area contributed by atoms with Gasteiger partial charge in [0.2, 0.25) is 0 Å². The van der Waals surface area contributed by atoms with Crippen LogP contribution < -0.4 is 4.90 Å². The molecule has 0 saturated carbocycles. The number of anilines is 1. The minimum absolute atomic E-state index is 0.00488. The molecule has 0 aromatic heterocycles. The number of hydrogen-bond acceptors (Lipinski definition) is 2. The molecule has 0 amide bonds. The molecule has 7 heteroatoms. The number of hydrogen-bond donors (Lipinski definition) is 1. The van der Waals surface area contributed by atoms with Crippen molar-refractivity contribution in [3.05, 3.63) is 41.2 Å². The van der Waals surface area contributed by atoms with Gasteiger partial charge in [-0.25, -0.2) is 9.18 Å². The van der Waals surface area contributed by atoms with Crippen molar-refractivity contribution in [1.82, 2.24) is 0 Å². The first-order valence-electron chi connectivity index (χ1n) is 5.83. The Morgan fingerprint density at radius 2 is 2.00 bits per heavy atom. The van der Waals surface area contributed by atoms with E-state index in [4.69, 9.17) is 5.11 Å². The van der Waals surface area contributed by atoms with E-state index in [0.717, 1.165) is 12.1 Å². The van der Waals surface area contributed by atoms with Crippen LogP contribution in [-0.2, 0) is 0 Å². The molecule has 0 atom stereocenters. The highest BCUT2D eigenvalue weighted by molar-refractivity contribution is 5.94. The zero-order valence-electron chi connectivity index (χ0n) is 10.2. The fourth-order valence-corrected chi connectivity index (χ4v) is 2.13. The molecule has 108 valence electrons. The van der Waals surface area contributed by atoms with Crippen molar-refractivity contribution in [1.29, 1.82) is 0 Å². The van der Waals surface area contributed by atoms with Gasteiger partial charge < -0.3 is 10.0 Å². The maximum atomic E-state index is 13.5. The summed E-state index contributed by atoms with van der Waals surface area (Å²) in [7, 11) is 0. The quantitative estimate of drug-likeness (QED) is 0.671. The van der Waals surface area contributed by atoms with E-state index in [1.807, 2.05) is 0 Å². The van der Waals surface area contributed by atoms with Crippen LogP contribution in [-0.4, -0.2) is 30.3 Å². The Morgan fingerprint density at radius 3 is 2.50 bits per heavy atom. The average Bonchev–Trinajstić information content (AvgIpc) is 2.37. The van der Waals surface area contributed by atoms with Gasteiger partial charge in [-0.1, -0.05) is 12.1 Å². The minimum atomic E-state index is -4.37. The molecule has 1 aromatic rings. The summed E-state index contributed by atoms with van der Waals surface area (Å²) in [6.45, 7) is -0.104. The van der Waals surface area contributed by atoms with Crippen LogP contribution in [0.4, 0.5) is 23.2 Å². The third kappa shape index (κ3) is 2.76. The van der Waals surface area contributed by atoms with Crippen LogP contribution in [0.25, 0.3) is 0 Å². The van der Waals surface area contributed by atoms with Crippen molar-refractivity contribution < 1.29 is 27.5 Å². The molecule has 0 unspecified atom stereocenters. The van der Waals surface area contributed by atoms with Gasteiger partial charge in [-0.15, -0.1) is 0 Å². The second-order valence-corrected chi connectivity index (χ2v) is 4.36. The molecule has 2 rings (SSSR count). The molecule has 3 nitrogen and oxygen atoms in total. The summed E-state index contributed by atoms with van der Waals surface area (Å²) in [6.07, 6.45) is -3.62. The number of carboxylic acids is 1. The molecular formula is C13H11F4NO2. The number of aromatic carboxylic acids is 1. The van der Waals surface area contributed by atoms with Gasteiger partial charge in [0.15, 0.2) is 0 Å². The van der Waals surface area contributed by atoms with Crippen LogP contribution in [0.2, 0.25) is 0 Å². The zero-order chi connectivity index (χ0) is 14.9. The van der Waals surface area contributed by atoms with Gasteiger partial charge in [-0.2, -0.15) is 13.2 Å². The number of benzene rings is 1. The summed E-state index contributed by atoms with van der Waals surface area (Å²) in [5.41, 5.74) is -1.06. The van der Waals surface area contributed by atoms with Crippen LogP contribution in [0.1, 0.15) is 16.8 Å². The first-order chi connectivity index (χ1) is 9.30. The van der Waals surface area contributed by atoms with Crippen molar-refractivity contribution in [2.24, 2.45) is 0 Å². The smallest absolute Gasteiger partial charge is 0.412 e. The van der Waals surface area contributed by atoms with Crippen molar-refractivity contribution in [2.45, 2.75) is 12.6 Å². The van der Waals surface area contributed by atoms with Crippen LogP contribution in [0.15, 0.2) is 29.8 Å². The standard InChI is InChI=1S/C13H11F4NO2/c14-9-2-1-3-10(11(9)12(19)20)18-6-4-8(5-7-18)13(15,16)17/h1-4H,5-7H2,(H,19,20). The largest absolute Gasteiger partial charge is 0.478 e. The van der Waals surface area contributed by atoms with Gasteiger partial charge in [0.05, 0.1) is 5.69 Å². The third-order valence-electron chi connectivity index (χ3n) is 3.12. The number of rotatable bonds is 2. The highest BCUT2D eigenvalue weighted by Crippen LogP contribution is 2.32. The predicted octanol–water partition coefficient (Wildman–Crippen LogP) is 3.22. The van der Waals surface area contributed by atoms with E-state index in [1.54, 1.807) is 0 Å². The van der Waals surface area contributed by atoms with Crippen LogP contribution >= 0.6 is 0 Å². The summed E-state index contributed by atoms with van der Waals surface area (Å²) in [4.78, 5) is 12.5. The Kier molecular flexibility index (Phi) is 3.69. The summed E-state index contributed by atoms with van der Waals surface area (Å²) in [5, 5.41) is 9.00. The lowest BCUT2D eigenvalue weighted by Crippen LogP contribution is -2.33. The minimum Gasteiger partial charge on any atom is -0.478 e. The number of carboxylic acid groups (broad SMARTS) is 1. The van der Waals surface area contributed by atoms with Gasteiger partial charge in [0.25, 0.3) is 0 Å². The Balaban J connectivity index is 2.30. The summed E-state index contributed by atoms with van der Waals surface area (Å²) >= 11 is 0. The lowest BCUT2D eigenvalue weighted by atomic mass is 10.1. The molecule has 0 fully saturated rings. The van der Waals surface area contributed by atoms with Gasteiger partial charge in [-0.3, -0.25) is 0 Å². The number of halogens is 4. The van der Waals surface area contributed by atoms with E-state index >= 15 is 0 Å². The van der Waals surface area contributed by atoms with E-state index in [9.17, 15) is 22.4 Å². The third-order valence-corrected chi connectivity index (χ3v) is 3.12. The molecular weight excluding hydrogens is 278 g/mol.